The molecule has 2 aromatic carbocycles. The number of ketones is 1. The summed E-state index contributed by atoms with van der Waals surface area (Å²) in [6.45, 7) is 3.99. The van der Waals surface area contributed by atoms with E-state index in [1.54, 1.807) is 6.20 Å². The number of benzene rings is 2. The van der Waals surface area contributed by atoms with Gasteiger partial charge in [-0.25, -0.2) is 4.98 Å². The average molecular weight is 308 g/mol. The highest BCUT2D eigenvalue weighted by Crippen LogP contribution is 2.25. The summed E-state index contributed by atoms with van der Waals surface area (Å²) in [7, 11) is 0. The van der Waals surface area contributed by atoms with Gasteiger partial charge in [-0.2, -0.15) is 0 Å². The van der Waals surface area contributed by atoms with Gasteiger partial charge >= 0.3 is 0 Å². The van der Waals surface area contributed by atoms with Gasteiger partial charge in [-0.1, -0.05) is 47.7 Å². The minimum absolute atomic E-state index is 0.0212. The van der Waals surface area contributed by atoms with E-state index in [1.807, 2.05) is 62.4 Å². The summed E-state index contributed by atoms with van der Waals surface area (Å²) in [4.78, 5) is 17.5. The minimum atomic E-state index is 0.0212. The van der Waals surface area contributed by atoms with E-state index in [4.69, 9.17) is 0 Å². The van der Waals surface area contributed by atoms with Gasteiger partial charge < -0.3 is 5.32 Å². The van der Waals surface area contributed by atoms with E-state index in [-0.39, 0.29) is 5.78 Å². The predicted octanol–water partition coefficient (Wildman–Crippen LogP) is 4.73. The second kappa shape index (κ2) is 6.12. The van der Waals surface area contributed by atoms with Crippen molar-refractivity contribution in [2.45, 2.75) is 13.8 Å². The van der Waals surface area contributed by atoms with Gasteiger partial charge in [0, 0.05) is 11.3 Å². The molecule has 0 unspecified atom stereocenters. The van der Waals surface area contributed by atoms with Gasteiger partial charge in [0.2, 0.25) is 5.78 Å². The van der Waals surface area contributed by atoms with E-state index in [9.17, 15) is 4.79 Å². The van der Waals surface area contributed by atoms with Gasteiger partial charge in [0.25, 0.3) is 0 Å². The Hall–Kier alpha value is -2.46. The zero-order valence-corrected chi connectivity index (χ0v) is 13.3. The van der Waals surface area contributed by atoms with Crippen LogP contribution in [-0.2, 0) is 0 Å². The molecule has 4 heteroatoms. The van der Waals surface area contributed by atoms with Crippen LogP contribution in [0.15, 0.2) is 54.7 Å². The summed E-state index contributed by atoms with van der Waals surface area (Å²) >= 11 is 1.37. The molecule has 0 atom stereocenters. The molecule has 0 spiro atoms. The molecule has 3 rings (SSSR count). The third-order valence-corrected chi connectivity index (χ3v) is 4.30. The molecule has 110 valence electrons. The highest BCUT2D eigenvalue weighted by Gasteiger charge is 2.14. The molecule has 0 aliphatic carbocycles. The topological polar surface area (TPSA) is 42.0 Å². The lowest BCUT2D eigenvalue weighted by atomic mass is 10.0. The first-order valence-corrected chi connectivity index (χ1v) is 7.85. The lowest BCUT2D eigenvalue weighted by molar-refractivity contribution is 0.104. The van der Waals surface area contributed by atoms with Gasteiger partial charge in [0.15, 0.2) is 5.13 Å². The molecule has 3 aromatic rings. The molecule has 1 heterocycles. The molecule has 1 aromatic heterocycles. The van der Waals surface area contributed by atoms with Crippen LogP contribution in [0.5, 0.6) is 0 Å². The Bertz CT molecular complexity index is 823. The Morgan fingerprint density at radius 3 is 2.68 bits per heavy atom. The van der Waals surface area contributed by atoms with Gasteiger partial charge in [0.1, 0.15) is 0 Å². The molecule has 0 bridgehead atoms. The van der Waals surface area contributed by atoms with Crippen LogP contribution < -0.4 is 5.32 Å². The van der Waals surface area contributed by atoms with E-state index < -0.39 is 0 Å². The fraction of sp³-hybridized carbons (Fsp3) is 0.111. The fourth-order valence-corrected chi connectivity index (χ4v) is 3.03. The van der Waals surface area contributed by atoms with Crippen LogP contribution >= 0.6 is 11.3 Å². The van der Waals surface area contributed by atoms with Gasteiger partial charge in [-0.15, -0.1) is 0 Å². The number of nitrogens with one attached hydrogen (secondary N) is 1. The SMILES string of the molecule is Cc1cccc(Nc2ncc(C(=O)c3ccccc3C)s2)c1. The first-order valence-electron chi connectivity index (χ1n) is 7.03. The Kier molecular flexibility index (Phi) is 4.02. The number of carbonyl (C=O) groups is 1. The van der Waals surface area contributed by atoms with E-state index >= 15 is 0 Å². The molecule has 0 saturated carbocycles. The van der Waals surface area contributed by atoms with Crippen LogP contribution in [0.2, 0.25) is 0 Å². The highest BCUT2D eigenvalue weighted by molar-refractivity contribution is 7.17. The Morgan fingerprint density at radius 2 is 1.91 bits per heavy atom. The van der Waals surface area contributed by atoms with Crippen LogP contribution in [0.3, 0.4) is 0 Å². The average Bonchev–Trinajstić information content (AvgIpc) is 2.95. The van der Waals surface area contributed by atoms with Crippen LogP contribution in [0.1, 0.15) is 26.4 Å². The number of rotatable bonds is 4. The Balaban J connectivity index is 1.82. The van der Waals surface area contributed by atoms with Crippen molar-refractivity contribution >= 4 is 27.9 Å². The summed E-state index contributed by atoms with van der Waals surface area (Å²) in [6.07, 6.45) is 1.64. The maximum Gasteiger partial charge on any atom is 0.204 e. The molecular weight excluding hydrogens is 292 g/mol. The number of aromatic nitrogens is 1. The molecule has 1 N–H and O–H groups in total. The van der Waals surface area contributed by atoms with E-state index in [0.717, 1.165) is 21.9 Å². The third-order valence-electron chi connectivity index (χ3n) is 3.39. The quantitative estimate of drug-likeness (QED) is 0.708. The minimum Gasteiger partial charge on any atom is -0.332 e. The lowest BCUT2D eigenvalue weighted by Gasteiger charge is -2.03. The molecule has 22 heavy (non-hydrogen) atoms. The number of carbonyl (C=O) groups excluding carboxylic acids is 1. The number of aryl methyl sites for hydroxylation is 2. The highest BCUT2D eigenvalue weighted by atomic mass is 32.1. The lowest BCUT2D eigenvalue weighted by Crippen LogP contribution is -2.00. The first kappa shape index (κ1) is 14.5. The van der Waals surface area contributed by atoms with Gasteiger partial charge in [-0.3, -0.25) is 4.79 Å². The molecule has 0 aliphatic rings. The van der Waals surface area contributed by atoms with Gasteiger partial charge in [-0.05, 0) is 37.1 Å². The summed E-state index contributed by atoms with van der Waals surface area (Å²) in [6, 6.07) is 15.7. The second-order valence-electron chi connectivity index (χ2n) is 5.17. The number of hydrogen-bond donors (Lipinski definition) is 1. The summed E-state index contributed by atoms with van der Waals surface area (Å²) in [5.41, 5.74) is 3.87. The molecule has 0 radical (unpaired) electrons. The Labute approximate surface area is 133 Å². The second-order valence-corrected chi connectivity index (χ2v) is 6.20. The van der Waals surface area contributed by atoms with Crippen molar-refractivity contribution in [3.8, 4) is 0 Å². The molecular formula is C18H16N2OS. The number of thiazole rings is 1. The third kappa shape index (κ3) is 3.07. The van der Waals surface area contributed by atoms with Crippen LogP contribution in [0.4, 0.5) is 10.8 Å². The largest absolute Gasteiger partial charge is 0.332 e. The number of hydrogen-bond acceptors (Lipinski definition) is 4. The van der Waals surface area contributed by atoms with Crippen LogP contribution in [0.25, 0.3) is 0 Å². The summed E-state index contributed by atoms with van der Waals surface area (Å²) in [5, 5.41) is 3.97. The van der Waals surface area contributed by atoms with Crippen LogP contribution in [-0.4, -0.2) is 10.8 Å². The molecule has 0 saturated heterocycles. The van der Waals surface area contributed by atoms with Crippen molar-refractivity contribution in [3.05, 3.63) is 76.3 Å². The molecule has 0 fully saturated rings. The van der Waals surface area contributed by atoms with Crippen molar-refractivity contribution < 1.29 is 4.79 Å². The Morgan fingerprint density at radius 1 is 1.09 bits per heavy atom. The normalized spacial score (nSPS) is 10.5. The van der Waals surface area contributed by atoms with E-state index in [1.165, 1.54) is 16.9 Å². The maximum absolute atomic E-state index is 12.5. The first-order chi connectivity index (χ1) is 10.6. The van der Waals surface area contributed by atoms with Crippen molar-refractivity contribution in [2.24, 2.45) is 0 Å². The maximum atomic E-state index is 12.5. The standard InChI is InChI=1S/C18H16N2OS/c1-12-6-5-8-14(10-12)20-18-19-11-16(22-18)17(21)15-9-4-3-7-13(15)2/h3-11H,1-2H3,(H,19,20). The molecule has 3 nitrogen and oxygen atoms in total. The van der Waals surface area contributed by atoms with Crippen molar-refractivity contribution in [2.75, 3.05) is 5.32 Å². The van der Waals surface area contributed by atoms with Crippen LogP contribution in [0, 0.1) is 13.8 Å². The fourth-order valence-electron chi connectivity index (χ4n) is 2.24. The van der Waals surface area contributed by atoms with Crippen molar-refractivity contribution in [1.82, 2.24) is 4.98 Å². The summed E-state index contributed by atoms with van der Waals surface area (Å²) < 4.78 is 0. The predicted molar refractivity (Wildman–Crippen MR) is 91.2 cm³/mol. The van der Waals surface area contributed by atoms with E-state index in [0.29, 0.717) is 4.88 Å². The van der Waals surface area contributed by atoms with Crippen molar-refractivity contribution in [3.63, 3.8) is 0 Å². The monoisotopic (exact) mass is 308 g/mol. The molecule has 0 amide bonds. The smallest absolute Gasteiger partial charge is 0.204 e. The number of nitrogens with zero attached hydrogens (tertiary/aromatic N) is 1. The zero-order valence-electron chi connectivity index (χ0n) is 12.5. The zero-order chi connectivity index (χ0) is 15.5. The van der Waals surface area contributed by atoms with Gasteiger partial charge in [0.05, 0.1) is 11.1 Å². The number of anilines is 2. The molecule has 0 aliphatic heterocycles. The summed E-state index contributed by atoms with van der Waals surface area (Å²) in [5.74, 6) is 0.0212. The van der Waals surface area contributed by atoms with E-state index in [2.05, 4.69) is 10.3 Å². The van der Waals surface area contributed by atoms with Crippen molar-refractivity contribution in [1.29, 1.82) is 0 Å².